The number of hydrogen-bond donors (Lipinski definition) is 2. The van der Waals surface area contributed by atoms with E-state index in [9.17, 15) is 9.59 Å². The lowest BCUT2D eigenvalue weighted by Gasteiger charge is -2.32. The third-order valence-corrected chi connectivity index (χ3v) is 5.37. The summed E-state index contributed by atoms with van der Waals surface area (Å²) in [7, 11) is 0. The van der Waals surface area contributed by atoms with Crippen LogP contribution >= 0.6 is 0 Å². The molecule has 3 heterocycles. The summed E-state index contributed by atoms with van der Waals surface area (Å²) < 4.78 is 6.03. The number of aryl methyl sites for hydroxylation is 1. The van der Waals surface area contributed by atoms with Crippen molar-refractivity contribution in [2.75, 3.05) is 19.6 Å². The Kier molecular flexibility index (Phi) is 6.26. The fourth-order valence-corrected chi connectivity index (χ4v) is 3.53. The van der Waals surface area contributed by atoms with Crippen LogP contribution in [0.15, 0.2) is 54.9 Å². The third kappa shape index (κ3) is 5.09. The first kappa shape index (κ1) is 20.6. The maximum Gasteiger partial charge on any atom is 0.269 e. The molecule has 8 heteroatoms. The summed E-state index contributed by atoms with van der Waals surface area (Å²) in [6, 6.07) is 13.2. The number of H-pyrrole nitrogens is 1. The number of pyridine rings is 1. The molecule has 1 aliphatic heterocycles. The minimum Gasteiger partial charge on any atom is -0.488 e. The highest BCUT2D eigenvalue weighted by Crippen LogP contribution is 2.21. The van der Waals surface area contributed by atoms with E-state index in [-0.39, 0.29) is 24.5 Å². The summed E-state index contributed by atoms with van der Waals surface area (Å²) >= 11 is 0. The number of piperidine rings is 1. The van der Waals surface area contributed by atoms with Crippen LogP contribution in [0.4, 0.5) is 0 Å². The molecule has 1 fully saturated rings. The highest BCUT2D eigenvalue weighted by atomic mass is 16.5. The maximum atomic E-state index is 12.5. The summed E-state index contributed by atoms with van der Waals surface area (Å²) in [4.78, 5) is 30.8. The Morgan fingerprint density at radius 3 is 2.71 bits per heavy atom. The van der Waals surface area contributed by atoms with Crippen LogP contribution in [0.5, 0.6) is 5.75 Å². The predicted molar refractivity (Wildman–Crippen MR) is 116 cm³/mol. The first-order valence-electron chi connectivity index (χ1n) is 10.3. The summed E-state index contributed by atoms with van der Waals surface area (Å²) in [6.07, 6.45) is 5.01. The number of likely N-dealkylation sites (tertiary alicyclic amines) is 1. The molecule has 0 bridgehead atoms. The fourth-order valence-electron chi connectivity index (χ4n) is 3.53. The van der Waals surface area contributed by atoms with Crippen molar-refractivity contribution in [3.8, 4) is 17.0 Å². The van der Waals surface area contributed by atoms with Crippen molar-refractivity contribution in [2.24, 2.45) is 0 Å². The second-order valence-electron chi connectivity index (χ2n) is 7.55. The van der Waals surface area contributed by atoms with Crippen molar-refractivity contribution in [1.29, 1.82) is 0 Å². The summed E-state index contributed by atoms with van der Waals surface area (Å²) in [6.45, 7) is 3.13. The van der Waals surface area contributed by atoms with Gasteiger partial charge in [0.2, 0.25) is 5.91 Å². The van der Waals surface area contributed by atoms with Crippen LogP contribution in [-0.2, 0) is 4.79 Å². The van der Waals surface area contributed by atoms with E-state index in [1.54, 1.807) is 23.4 Å². The first-order valence-corrected chi connectivity index (χ1v) is 10.3. The lowest BCUT2D eigenvalue weighted by molar-refractivity contribution is -0.131. The zero-order chi connectivity index (χ0) is 21.6. The Hall–Kier alpha value is -3.68. The number of benzene rings is 1. The Balaban J connectivity index is 1.24. The molecule has 4 rings (SSSR count). The van der Waals surface area contributed by atoms with Gasteiger partial charge in [0.15, 0.2) is 0 Å². The molecule has 2 amide bonds. The van der Waals surface area contributed by atoms with E-state index >= 15 is 0 Å². The molecule has 31 heavy (non-hydrogen) atoms. The second-order valence-corrected chi connectivity index (χ2v) is 7.55. The Bertz CT molecular complexity index is 1040. The van der Waals surface area contributed by atoms with Gasteiger partial charge in [0.25, 0.3) is 5.91 Å². The quantitative estimate of drug-likeness (QED) is 0.640. The van der Waals surface area contributed by atoms with Crippen LogP contribution < -0.4 is 10.1 Å². The largest absolute Gasteiger partial charge is 0.488 e. The van der Waals surface area contributed by atoms with Crippen LogP contribution in [0.1, 0.15) is 28.9 Å². The number of ether oxygens (including phenoxy) is 1. The number of rotatable bonds is 6. The van der Waals surface area contributed by atoms with Gasteiger partial charge in [0.05, 0.1) is 18.4 Å². The SMILES string of the molecule is Cc1ccncc1OC1CCN(C(=O)CNC(=O)c2cc(-c3ccccc3)n[nH]2)CC1. The normalized spacial score (nSPS) is 14.3. The minimum atomic E-state index is -0.353. The van der Waals surface area contributed by atoms with Gasteiger partial charge < -0.3 is 15.0 Å². The molecule has 160 valence electrons. The van der Waals surface area contributed by atoms with Gasteiger partial charge in [-0.1, -0.05) is 30.3 Å². The molecule has 8 nitrogen and oxygen atoms in total. The van der Waals surface area contributed by atoms with E-state index in [1.807, 2.05) is 43.3 Å². The van der Waals surface area contributed by atoms with Gasteiger partial charge in [0, 0.05) is 37.7 Å². The van der Waals surface area contributed by atoms with Crippen molar-refractivity contribution >= 4 is 11.8 Å². The fraction of sp³-hybridized carbons (Fsp3) is 0.304. The number of nitrogens with zero attached hydrogens (tertiary/aromatic N) is 3. The highest BCUT2D eigenvalue weighted by Gasteiger charge is 2.24. The number of amides is 2. The van der Waals surface area contributed by atoms with Crippen LogP contribution in [0, 0.1) is 6.92 Å². The van der Waals surface area contributed by atoms with Gasteiger partial charge in [-0.25, -0.2) is 0 Å². The number of carbonyl (C=O) groups excluding carboxylic acids is 2. The van der Waals surface area contributed by atoms with Gasteiger partial charge in [-0.3, -0.25) is 19.7 Å². The molecule has 1 aromatic carbocycles. The van der Waals surface area contributed by atoms with Gasteiger partial charge in [-0.2, -0.15) is 5.10 Å². The number of aromatic nitrogens is 3. The average molecular weight is 419 g/mol. The number of nitrogens with one attached hydrogen (secondary N) is 2. The van der Waals surface area contributed by atoms with Gasteiger partial charge in [-0.15, -0.1) is 0 Å². The highest BCUT2D eigenvalue weighted by molar-refractivity contribution is 5.95. The smallest absolute Gasteiger partial charge is 0.269 e. The molecule has 0 atom stereocenters. The van der Waals surface area contributed by atoms with Crippen LogP contribution in [-0.4, -0.2) is 57.6 Å². The molecule has 1 saturated heterocycles. The number of carbonyl (C=O) groups is 2. The van der Waals surface area contributed by atoms with Crippen molar-refractivity contribution in [3.63, 3.8) is 0 Å². The van der Waals surface area contributed by atoms with Crippen molar-refractivity contribution in [3.05, 3.63) is 66.1 Å². The Labute approximate surface area is 180 Å². The molecule has 0 radical (unpaired) electrons. The van der Waals surface area contributed by atoms with Gasteiger partial charge in [-0.05, 0) is 24.6 Å². The molecule has 1 aliphatic rings. The molecule has 0 aliphatic carbocycles. The summed E-state index contributed by atoms with van der Waals surface area (Å²) in [5.74, 6) is 0.328. The molecule has 0 saturated carbocycles. The first-order chi connectivity index (χ1) is 15.1. The van der Waals surface area contributed by atoms with E-state index < -0.39 is 0 Å². The topological polar surface area (TPSA) is 100 Å². The van der Waals surface area contributed by atoms with E-state index in [0.717, 1.165) is 29.7 Å². The van der Waals surface area contributed by atoms with Crippen LogP contribution in [0.2, 0.25) is 0 Å². The summed E-state index contributed by atoms with van der Waals surface area (Å²) in [5.41, 5.74) is 2.97. The maximum absolute atomic E-state index is 12.5. The molecular weight excluding hydrogens is 394 g/mol. The number of hydrogen-bond acceptors (Lipinski definition) is 5. The van der Waals surface area contributed by atoms with Gasteiger partial charge in [0.1, 0.15) is 17.5 Å². The van der Waals surface area contributed by atoms with Crippen LogP contribution in [0.3, 0.4) is 0 Å². The molecule has 0 spiro atoms. The van der Waals surface area contributed by atoms with E-state index in [1.165, 1.54) is 0 Å². The van der Waals surface area contributed by atoms with E-state index in [0.29, 0.717) is 24.5 Å². The van der Waals surface area contributed by atoms with E-state index in [2.05, 4.69) is 20.5 Å². The Morgan fingerprint density at radius 2 is 1.97 bits per heavy atom. The molecular formula is C23H25N5O3. The zero-order valence-corrected chi connectivity index (χ0v) is 17.4. The summed E-state index contributed by atoms with van der Waals surface area (Å²) in [5, 5.41) is 9.58. The van der Waals surface area contributed by atoms with Crippen molar-refractivity contribution in [1.82, 2.24) is 25.4 Å². The van der Waals surface area contributed by atoms with Gasteiger partial charge >= 0.3 is 0 Å². The lowest BCUT2D eigenvalue weighted by atomic mass is 10.1. The standard InChI is InChI=1S/C23H25N5O3/c1-16-7-10-24-14-21(16)31-18-8-11-28(12-9-18)22(29)15-25-23(30)20-13-19(26-27-20)17-5-3-2-4-6-17/h2-7,10,13-14,18H,8-9,11-12,15H2,1H3,(H,25,30)(H,26,27). The van der Waals surface area contributed by atoms with Crippen molar-refractivity contribution < 1.29 is 14.3 Å². The average Bonchev–Trinajstić information content (AvgIpc) is 3.30. The molecule has 2 aromatic heterocycles. The predicted octanol–water partition coefficient (Wildman–Crippen LogP) is 2.58. The second kappa shape index (κ2) is 9.42. The zero-order valence-electron chi connectivity index (χ0n) is 17.4. The third-order valence-electron chi connectivity index (χ3n) is 5.37. The minimum absolute atomic E-state index is 0.0498. The molecule has 0 unspecified atom stereocenters. The van der Waals surface area contributed by atoms with Crippen molar-refractivity contribution in [2.45, 2.75) is 25.9 Å². The van der Waals surface area contributed by atoms with Crippen LogP contribution in [0.25, 0.3) is 11.3 Å². The monoisotopic (exact) mass is 419 g/mol. The molecule has 2 N–H and O–H groups in total. The Morgan fingerprint density at radius 1 is 1.19 bits per heavy atom. The number of aromatic amines is 1. The lowest BCUT2D eigenvalue weighted by Crippen LogP contribution is -2.46. The van der Waals surface area contributed by atoms with E-state index in [4.69, 9.17) is 4.74 Å². The molecule has 3 aromatic rings.